The molecule has 0 aliphatic carbocycles. The molecule has 0 fully saturated rings. The minimum Gasteiger partial charge on any atom is -0.449 e. The maximum atomic E-state index is 6.68. The lowest BCUT2D eigenvalue weighted by molar-refractivity contribution is 0.573. The van der Waals surface area contributed by atoms with Crippen LogP contribution in [0.2, 0.25) is 26.2 Å². The van der Waals surface area contributed by atoms with Crippen molar-refractivity contribution in [2.45, 2.75) is 48.5 Å². The molecule has 0 radical (unpaired) electrons. The van der Waals surface area contributed by atoms with E-state index in [9.17, 15) is 0 Å². The quantitative estimate of drug-likeness (QED) is 0.704. The Morgan fingerprint density at radius 2 is 0.818 bits per heavy atom. The molecule has 0 heterocycles. The van der Waals surface area contributed by atoms with Crippen LogP contribution in [0.15, 0.2) is 60.7 Å². The van der Waals surface area contributed by atoms with Gasteiger partial charge in [0.05, 0.1) is 0 Å². The van der Waals surface area contributed by atoms with Gasteiger partial charge in [0.2, 0.25) is 16.6 Å². The highest BCUT2D eigenvalue weighted by Crippen LogP contribution is 2.15. The molecule has 124 valence electrons. The summed E-state index contributed by atoms with van der Waals surface area (Å²) in [7, 11) is -3.67. The van der Waals surface area contributed by atoms with E-state index in [0.717, 1.165) is 0 Å². The molecule has 0 saturated heterocycles. The van der Waals surface area contributed by atoms with Crippen LogP contribution in [0.5, 0.6) is 0 Å². The number of benzene rings is 2. The lowest BCUT2D eigenvalue weighted by Crippen LogP contribution is -2.57. The van der Waals surface area contributed by atoms with Gasteiger partial charge in [0.15, 0.2) is 0 Å². The molecule has 0 atom stereocenters. The fourth-order valence-corrected chi connectivity index (χ4v) is 10.5. The Bertz CT molecular complexity index is 472. The van der Waals surface area contributed by atoms with Gasteiger partial charge >= 0.3 is 0 Å². The third-order valence-electron chi connectivity index (χ3n) is 3.45. The SMILES string of the molecule is C.C.C.C[Si](C)(O[Si](C)(C)c1ccccc1)c1ccccc1. The summed E-state index contributed by atoms with van der Waals surface area (Å²) in [6, 6.07) is 21.3. The molecule has 0 aromatic heterocycles. The van der Waals surface area contributed by atoms with Crippen molar-refractivity contribution in [2.24, 2.45) is 0 Å². The first-order valence-electron chi connectivity index (χ1n) is 6.73. The molecule has 22 heavy (non-hydrogen) atoms. The summed E-state index contributed by atoms with van der Waals surface area (Å²) in [5.74, 6) is 0. The van der Waals surface area contributed by atoms with Gasteiger partial charge in [-0.2, -0.15) is 0 Å². The Morgan fingerprint density at radius 1 is 0.545 bits per heavy atom. The van der Waals surface area contributed by atoms with Crippen molar-refractivity contribution in [1.29, 1.82) is 0 Å². The second kappa shape index (κ2) is 9.08. The molecule has 3 heteroatoms. The highest BCUT2D eigenvalue weighted by Gasteiger charge is 2.35. The van der Waals surface area contributed by atoms with E-state index in [-0.39, 0.29) is 22.3 Å². The average Bonchev–Trinajstić information content (AvgIpc) is 2.40. The molecule has 2 aromatic carbocycles. The van der Waals surface area contributed by atoms with E-state index < -0.39 is 16.6 Å². The van der Waals surface area contributed by atoms with Gasteiger partial charge in [0.1, 0.15) is 0 Å². The molecule has 2 aromatic rings. The maximum absolute atomic E-state index is 6.68. The van der Waals surface area contributed by atoms with Crippen LogP contribution in [-0.2, 0) is 4.12 Å². The highest BCUT2D eigenvalue weighted by atomic mass is 28.4. The highest BCUT2D eigenvalue weighted by molar-refractivity contribution is 6.96. The fourth-order valence-electron chi connectivity index (χ4n) is 2.43. The van der Waals surface area contributed by atoms with Crippen molar-refractivity contribution in [1.82, 2.24) is 0 Å². The largest absolute Gasteiger partial charge is 0.449 e. The van der Waals surface area contributed by atoms with E-state index in [1.165, 1.54) is 10.4 Å². The molecular formula is C19H34OSi2. The van der Waals surface area contributed by atoms with Crippen molar-refractivity contribution >= 4 is 27.0 Å². The molecule has 2 rings (SSSR count). The van der Waals surface area contributed by atoms with E-state index >= 15 is 0 Å². The second-order valence-corrected chi connectivity index (χ2v) is 13.9. The summed E-state index contributed by atoms with van der Waals surface area (Å²) in [5.41, 5.74) is 0. The monoisotopic (exact) mass is 334 g/mol. The molecule has 0 bridgehead atoms. The van der Waals surface area contributed by atoms with Gasteiger partial charge in [0.25, 0.3) is 0 Å². The minimum absolute atomic E-state index is 0. The summed E-state index contributed by atoms with van der Waals surface area (Å²) >= 11 is 0. The first-order chi connectivity index (χ1) is 8.92. The number of rotatable bonds is 4. The van der Waals surface area contributed by atoms with E-state index in [2.05, 4.69) is 86.9 Å². The van der Waals surface area contributed by atoms with Crippen molar-refractivity contribution in [2.75, 3.05) is 0 Å². The van der Waals surface area contributed by atoms with Crippen molar-refractivity contribution in [3.05, 3.63) is 60.7 Å². The van der Waals surface area contributed by atoms with Crippen molar-refractivity contribution in [3.8, 4) is 0 Å². The van der Waals surface area contributed by atoms with Gasteiger partial charge in [-0.05, 0) is 36.6 Å². The first-order valence-corrected chi connectivity index (χ1v) is 12.5. The third kappa shape index (κ3) is 5.56. The van der Waals surface area contributed by atoms with E-state index in [0.29, 0.717) is 0 Å². The topological polar surface area (TPSA) is 9.23 Å². The standard InChI is InChI=1S/C16H22OSi2.3CH4/c1-18(2,15-11-7-5-8-12-15)17-19(3,4)16-13-9-6-10-14-16;;;/h5-14H,1-4H3;3*1H4. The smallest absolute Gasteiger partial charge is 0.206 e. The molecule has 0 saturated carbocycles. The molecule has 0 aliphatic heterocycles. The summed E-state index contributed by atoms with van der Waals surface area (Å²) in [6.45, 7) is 9.17. The summed E-state index contributed by atoms with van der Waals surface area (Å²) in [6.07, 6.45) is 0. The van der Waals surface area contributed by atoms with Gasteiger partial charge in [-0.1, -0.05) is 82.9 Å². The Morgan fingerprint density at radius 3 is 1.09 bits per heavy atom. The van der Waals surface area contributed by atoms with E-state index in [1.54, 1.807) is 0 Å². The van der Waals surface area contributed by atoms with Gasteiger partial charge in [-0.25, -0.2) is 0 Å². The van der Waals surface area contributed by atoms with Crippen LogP contribution in [-0.4, -0.2) is 16.6 Å². The molecule has 1 nitrogen and oxygen atoms in total. The van der Waals surface area contributed by atoms with Gasteiger partial charge in [-0.3, -0.25) is 0 Å². The molecule has 0 amide bonds. The van der Waals surface area contributed by atoms with Crippen LogP contribution >= 0.6 is 0 Å². The normalized spacial score (nSPS) is 10.7. The maximum Gasteiger partial charge on any atom is 0.206 e. The van der Waals surface area contributed by atoms with Crippen LogP contribution in [0.1, 0.15) is 22.3 Å². The predicted molar refractivity (Wildman–Crippen MR) is 108 cm³/mol. The van der Waals surface area contributed by atoms with Crippen LogP contribution in [0.4, 0.5) is 0 Å². The Kier molecular flexibility index (Phi) is 9.54. The minimum atomic E-state index is -1.84. The number of hydrogen-bond donors (Lipinski definition) is 0. The zero-order valence-corrected chi connectivity index (χ0v) is 14.2. The van der Waals surface area contributed by atoms with Crippen molar-refractivity contribution < 1.29 is 4.12 Å². The van der Waals surface area contributed by atoms with Crippen molar-refractivity contribution in [3.63, 3.8) is 0 Å². The Labute approximate surface area is 140 Å². The van der Waals surface area contributed by atoms with E-state index in [4.69, 9.17) is 4.12 Å². The molecular weight excluding hydrogens is 300 g/mol. The zero-order valence-electron chi connectivity index (χ0n) is 12.2. The lowest BCUT2D eigenvalue weighted by atomic mass is 10.4. The second-order valence-electron chi connectivity index (χ2n) is 5.85. The number of hydrogen-bond acceptors (Lipinski definition) is 1. The lowest BCUT2D eigenvalue weighted by Gasteiger charge is -2.34. The zero-order chi connectivity index (χ0) is 13.9. The molecule has 0 N–H and O–H groups in total. The summed E-state index contributed by atoms with van der Waals surface area (Å²) in [5, 5.41) is 2.73. The summed E-state index contributed by atoms with van der Waals surface area (Å²) in [4.78, 5) is 0. The van der Waals surface area contributed by atoms with Gasteiger partial charge in [0, 0.05) is 0 Å². The molecule has 0 unspecified atom stereocenters. The summed E-state index contributed by atoms with van der Waals surface area (Å²) < 4.78 is 6.68. The molecule has 0 aliphatic rings. The Hall–Kier alpha value is -1.17. The van der Waals surface area contributed by atoms with Gasteiger partial charge in [-0.15, -0.1) is 0 Å². The average molecular weight is 335 g/mol. The van der Waals surface area contributed by atoms with E-state index in [1.807, 2.05) is 0 Å². The Balaban J connectivity index is 0. The van der Waals surface area contributed by atoms with Crippen LogP contribution in [0.3, 0.4) is 0 Å². The van der Waals surface area contributed by atoms with Crippen LogP contribution < -0.4 is 10.4 Å². The third-order valence-corrected chi connectivity index (χ3v) is 11.0. The van der Waals surface area contributed by atoms with Crippen LogP contribution in [0.25, 0.3) is 0 Å². The van der Waals surface area contributed by atoms with Gasteiger partial charge < -0.3 is 4.12 Å². The molecule has 0 spiro atoms. The fraction of sp³-hybridized carbons (Fsp3) is 0.368. The predicted octanol–water partition coefficient (Wildman–Crippen LogP) is 5.14. The van der Waals surface area contributed by atoms with Crippen LogP contribution in [0, 0.1) is 0 Å². The first kappa shape index (κ1) is 23.1.